The quantitative estimate of drug-likeness (QED) is 0.644. The molecule has 0 fully saturated rings. The highest BCUT2D eigenvalue weighted by molar-refractivity contribution is 5.45. The van der Waals surface area contributed by atoms with Crippen molar-refractivity contribution in [2.24, 2.45) is 0 Å². The number of fused-ring (bicyclic) bond motifs is 1. The van der Waals surface area contributed by atoms with Crippen molar-refractivity contribution in [2.75, 3.05) is 14.2 Å². The van der Waals surface area contributed by atoms with Crippen LogP contribution < -0.4 is 0 Å². The molecule has 4 unspecified atom stereocenters. The fourth-order valence-electron chi connectivity index (χ4n) is 3.96. The second-order valence-corrected chi connectivity index (χ2v) is 6.85. The molecule has 1 aliphatic rings. The predicted octanol–water partition coefficient (Wildman–Crippen LogP) is 5.76. The number of rotatable bonds is 7. The summed E-state index contributed by atoms with van der Waals surface area (Å²) in [5.41, 5.74) is 5.42. The van der Waals surface area contributed by atoms with Gasteiger partial charge in [-0.3, -0.25) is 0 Å². The molecule has 2 aromatic rings. The van der Waals surface area contributed by atoms with E-state index in [9.17, 15) is 0 Å². The molecule has 0 aliphatic heterocycles. The summed E-state index contributed by atoms with van der Waals surface area (Å²) in [5.74, 6) is 1.14. The van der Waals surface area contributed by atoms with Crippen LogP contribution in [0.1, 0.15) is 73.0 Å². The molecule has 1 aliphatic carbocycles. The zero-order valence-corrected chi connectivity index (χ0v) is 15.2. The Balaban J connectivity index is 1.76. The molecule has 2 nitrogen and oxygen atoms in total. The van der Waals surface area contributed by atoms with Crippen LogP contribution in [-0.4, -0.2) is 14.2 Å². The Morgan fingerprint density at radius 1 is 0.875 bits per heavy atom. The van der Waals surface area contributed by atoms with Crippen LogP contribution in [0, 0.1) is 0 Å². The fraction of sp³-hybridized carbons (Fsp3) is 0.455. The van der Waals surface area contributed by atoms with Crippen LogP contribution in [0.3, 0.4) is 0 Å². The third-order valence-electron chi connectivity index (χ3n) is 5.48. The van der Waals surface area contributed by atoms with Gasteiger partial charge < -0.3 is 9.47 Å². The van der Waals surface area contributed by atoms with Gasteiger partial charge in [-0.15, -0.1) is 0 Å². The first-order chi connectivity index (χ1) is 11.7. The van der Waals surface area contributed by atoms with Gasteiger partial charge in [0.25, 0.3) is 0 Å². The molecule has 0 radical (unpaired) electrons. The maximum absolute atomic E-state index is 5.60. The first-order valence-electron chi connectivity index (χ1n) is 8.93. The molecule has 0 bridgehead atoms. The van der Waals surface area contributed by atoms with Crippen LogP contribution in [-0.2, 0) is 9.47 Å². The van der Waals surface area contributed by atoms with E-state index in [1.165, 1.54) is 35.1 Å². The van der Waals surface area contributed by atoms with Crippen LogP contribution in [0.5, 0.6) is 0 Å². The molecule has 0 saturated heterocycles. The molecule has 0 spiro atoms. The average molecular weight is 324 g/mol. The van der Waals surface area contributed by atoms with Crippen LogP contribution in [0.25, 0.3) is 0 Å². The number of ether oxygens (including phenoxy) is 2. The molecule has 0 aromatic heterocycles. The molecule has 0 heterocycles. The SMILES string of the molecule is CCC(CC(C)c1ccc2c(c1)C(OC)C2OC)c1ccccc1. The van der Waals surface area contributed by atoms with Crippen LogP contribution in [0.4, 0.5) is 0 Å². The molecule has 2 heteroatoms. The van der Waals surface area contributed by atoms with Gasteiger partial charge >= 0.3 is 0 Å². The minimum absolute atomic E-state index is 0.0771. The minimum Gasteiger partial charge on any atom is -0.374 e. The van der Waals surface area contributed by atoms with E-state index in [2.05, 4.69) is 62.4 Å². The molecule has 0 N–H and O–H groups in total. The summed E-state index contributed by atoms with van der Waals surface area (Å²) >= 11 is 0. The van der Waals surface area contributed by atoms with Gasteiger partial charge in [-0.05, 0) is 46.9 Å². The van der Waals surface area contributed by atoms with Crippen molar-refractivity contribution < 1.29 is 9.47 Å². The highest BCUT2D eigenvalue weighted by atomic mass is 16.5. The number of hydrogen-bond acceptors (Lipinski definition) is 2. The largest absolute Gasteiger partial charge is 0.374 e. The smallest absolute Gasteiger partial charge is 0.113 e. The lowest BCUT2D eigenvalue weighted by atomic mass is 9.78. The maximum atomic E-state index is 5.60. The zero-order chi connectivity index (χ0) is 17.1. The van der Waals surface area contributed by atoms with E-state index in [1.54, 1.807) is 14.2 Å². The second kappa shape index (κ2) is 7.50. The zero-order valence-electron chi connectivity index (χ0n) is 15.2. The summed E-state index contributed by atoms with van der Waals surface area (Å²) in [6.07, 6.45) is 2.51. The number of methoxy groups -OCH3 is 2. The molecular formula is C22H28O2. The van der Waals surface area contributed by atoms with Crippen molar-refractivity contribution in [3.8, 4) is 0 Å². The minimum atomic E-state index is 0.0771. The predicted molar refractivity (Wildman–Crippen MR) is 98.4 cm³/mol. The Morgan fingerprint density at radius 3 is 2.17 bits per heavy atom. The Morgan fingerprint density at radius 2 is 1.54 bits per heavy atom. The van der Waals surface area contributed by atoms with E-state index < -0.39 is 0 Å². The highest BCUT2D eigenvalue weighted by Gasteiger charge is 2.38. The van der Waals surface area contributed by atoms with Crippen molar-refractivity contribution in [3.05, 3.63) is 70.8 Å². The maximum Gasteiger partial charge on any atom is 0.113 e. The van der Waals surface area contributed by atoms with E-state index in [0.29, 0.717) is 11.8 Å². The summed E-state index contributed by atoms with van der Waals surface area (Å²) < 4.78 is 11.1. The van der Waals surface area contributed by atoms with E-state index >= 15 is 0 Å². The van der Waals surface area contributed by atoms with Gasteiger partial charge in [0.2, 0.25) is 0 Å². The summed E-state index contributed by atoms with van der Waals surface area (Å²) in [5, 5.41) is 0. The second-order valence-electron chi connectivity index (χ2n) is 6.85. The van der Waals surface area contributed by atoms with Crippen LogP contribution in [0.2, 0.25) is 0 Å². The molecule has 2 aromatic carbocycles. The normalized spacial score (nSPS) is 21.7. The van der Waals surface area contributed by atoms with Crippen molar-refractivity contribution in [2.45, 2.75) is 50.7 Å². The fourth-order valence-corrected chi connectivity index (χ4v) is 3.96. The molecule has 0 amide bonds. The first kappa shape index (κ1) is 17.2. The lowest BCUT2D eigenvalue weighted by Crippen LogP contribution is -2.27. The Kier molecular flexibility index (Phi) is 5.37. The van der Waals surface area contributed by atoms with Gasteiger partial charge in [0.05, 0.1) is 0 Å². The van der Waals surface area contributed by atoms with Crippen molar-refractivity contribution >= 4 is 0 Å². The lowest BCUT2D eigenvalue weighted by molar-refractivity contribution is -0.0653. The Hall–Kier alpha value is -1.64. The summed E-state index contributed by atoms with van der Waals surface area (Å²) in [7, 11) is 3.51. The molecule has 3 rings (SSSR count). The Bertz CT molecular complexity index is 665. The molecular weight excluding hydrogens is 296 g/mol. The number of hydrogen-bond donors (Lipinski definition) is 0. The molecule has 4 atom stereocenters. The van der Waals surface area contributed by atoms with E-state index in [0.717, 1.165) is 0 Å². The first-order valence-corrected chi connectivity index (χ1v) is 8.93. The topological polar surface area (TPSA) is 18.5 Å². The van der Waals surface area contributed by atoms with E-state index in [4.69, 9.17) is 9.47 Å². The lowest BCUT2D eigenvalue weighted by Gasteiger charge is -2.38. The van der Waals surface area contributed by atoms with Crippen molar-refractivity contribution in [1.82, 2.24) is 0 Å². The van der Waals surface area contributed by atoms with Crippen LogP contribution in [0.15, 0.2) is 48.5 Å². The van der Waals surface area contributed by atoms with Gasteiger partial charge in [-0.25, -0.2) is 0 Å². The van der Waals surface area contributed by atoms with Gasteiger partial charge in [0.15, 0.2) is 0 Å². The summed E-state index contributed by atoms with van der Waals surface area (Å²) in [6.45, 7) is 4.62. The monoisotopic (exact) mass is 324 g/mol. The summed E-state index contributed by atoms with van der Waals surface area (Å²) in [4.78, 5) is 0. The van der Waals surface area contributed by atoms with E-state index in [1.807, 2.05) is 0 Å². The summed E-state index contributed by atoms with van der Waals surface area (Å²) in [6, 6.07) is 17.7. The standard InChI is InChI=1S/C22H28O2/c1-5-16(17-9-7-6-8-10-17)13-15(2)18-11-12-19-20(14-18)22(24-4)21(19)23-3/h6-12,14-16,21-22H,5,13H2,1-4H3. The Labute approximate surface area is 145 Å². The van der Waals surface area contributed by atoms with Crippen LogP contribution >= 0.6 is 0 Å². The van der Waals surface area contributed by atoms with Gasteiger partial charge in [0.1, 0.15) is 12.2 Å². The van der Waals surface area contributed by atoms with Crippen molar-refractivity contribution in [3.63, 3.8) is 0 Å². The van der Waals surface area contributed by atoms with Gasteiger partial charge in [-0.1, -0.05) is 62.4 Å². The average Bonchev–Trinajstić information content (AvgIpc) is 2.61. The van der Waals surface area contributed by atoms with Crippen molar-refractivity contribution in [1.29, 1.82) is 0 Å². The molecule has 128 valence electrons. The van der Waals surface area contributed by atoms with E-state index in [-0.39, 0.29) is 12.2 Å². The third-order valence-corrected chi connectivity index (χ3v) is 5.48. The highest BCUT2D eigenvalue weighted by Crippen LogP contribution is 2.48. The molecule has 0 saturated carbocycles. The molecule has 24 heavy (non-hydrogen) atoms. The number of benzene rings is 2. The van der Waals surface area contributed by atoms with Gasteiger partial charge in [-0.2, -0.15) is 0 Å². The third kappa shape index (κ3) is 3.13. The van der Waals surface area contributed by atoms with Gasteiger partial charge in [0, 0.05) is 14.2 Å².